The Morgan fingerprint density at radius 1 is 0.969 bits per heavy atom. The number of pyridine rings is 1. The van der Waals surface area contributed by atoms with E-state index in [9.17, 15) is 9.90 Å². The number of methoxy groups -OCH3 is 2. The van der Waals surface area contributed by atoms with Gasteiger partial charge in [-0.05, 0) is 57.1 Å². The lowest BCUT2D eigenvalue weighted by atomic mass is 9.64. The first-order chi connectivity index (χ1) is 15.4. The number of piperidine rings is 1. The number of ether oxygens (including phenoxy) is 2. The molecule has 1 spiro atoms. The van der Waals surface area contributed by atoms with Gasteiger partial charge in [-0.2, -0.15) is 4.98 Å². The Morgan fingerprint density at radius 2 is 1.62 bits per heavy atom. The summed E-state index contributed by atoms with van der Waals surface area (Å²) in [4.78, 5) is 24.1. The molecule has 3 aliphatic rings. The van der Waals surface area contributed by atoms with Crippen molar-refractivity contribution in [1.29, 1.82) is 0 Å². The van der Waals surface area contributed by atoms with Gasteiger partial charge in [0.25, 0.3) is 5.91 Å². The Morgan fingerprint density at radius 3 is 2.22 bits per heavy atom. The number of hydrogen-bond acceptors (Lipinski definition) is 7. The van der Waals surface area contributed by atoms with Crippen LogP contribution in [-0.4, -0.2) is 103 Å². The fourth-order valence-electron chi connectivity index (χ4n) is 5.54. The fraction of sp³-hybridized carbons (Fsp3) is 0.750. The molecule has 0 aromatic carbocycles. The third-order valence-electron chi connectivity index (χ3n) is 7.93. The highest BCUT2D eigenvalue weighted by molar-refractivity contribution is 5.96. The lowest BCUT2D eigenvalue weighted by molar-refractivity contribution is -0.0718. The van der Waals surface area contributed by atoms with Crippen LogP contribution in [0.2, 0.25) is 0 Å². The Labute approximate surface area is 191 Å². The van der Waals surface area contributed by atoms with E-state index in [0.29, 0.717) is 17.3 Å². The molecule has 4 rings (SSSR count). The summed E-state index contributed by atoms with van der Waals surface area (Å²) >= 11 is 0. The van der Waals surface area contributed by atoms with E-state index in [2.05, 4.69) is 21.8 Å². The number of aliphatic hydroxyl groups is 1. The summed E-state index contributed by atoms with van der Waals surface area (Å²) in [6.45, 7) is 6.54. The fourth-order valence-corrected chi connectivity index (χ4v) is 5.54. The van der Waals surface area contributed by atoms with Crippen LogP contribution >= 0.6 is 0 Å². The second-order valence-electron chi connectivity index (χ2n) is 10.0. The first-order valence-electron chi connectivity index (χ1n) is 11.9. The van der Waals surface area contributed by atoms with Crippen molar-refractivity contribution in [2.75, 3.05) is 67.1 Å². The molecule has 2 saturated heterocycles. The minimum atomic E-state index is -0.559. The second-order valence-corrected chi connectivity index (χ2v) is 10.0. The molecule has 0 radical (unpaired) electrons. The summed E-state index contributed by atoms with van der Waals surface area (Å²) in [6.07, 6.45) is 5.82. The van der Waals surface area contributed by atoms with Crippen molar-refractivity contribution < 1.29 is 19.4 Å². The number of β-amino-alcohol motifs (C(OH)–C–C–N with tert-alkyl or cyclic N) is 1. The number of likely N-dealkylation sites (tertiary alicyclic amines) is 1. The largest absolute Gasteiger partial charge is 0.481 e. The highest BCUT2D eigenvalue weighted by Crippen LogP contribution is 2.48. The van der Waals surface area contributed by atoms with Crippen molar-refractivity contribution >= 4 is 5.91 Å². The predicted molar refractivity (Wildman–Crippen MR) is 122 cm³/mol. The summed E-state index contributed by atoms with van der Waals surface area (Å²) in [5, 5.41) is 11.2. The normalized spacial score (nSPS) is 23.8. The van der Waals surface area contributed by atoms with Crippen LogP contribution in [0.3, 0.4) is 0 Å². The summed E-state index contributed by atoms with van der Waals surface area (Å²) in [7, 11) is 5.23. The molecule has 0 unspecified atom stereocenters. The molecule has 1 aliphatic carbocycles. The maximum atomic E-state index is 13.1. The molecule has 8 heteroatoms. The van der Waals surface area contributed by atoms with Gasteiger partial charge in [-0.15, -0.1) is 0 Å². The highest BCUT2D eigenvalue weighted by Gasteiger charge is 2.44. The van der Waals surface area contributed by atoms with Gasteiger partial charge in [0, 0.05) is 51.9 Å². The highest BCUT2D eigenvalue weighted by atomic mass is 16.5. The molecule has 1 aromatic rings. The molecule has 1 aromatic heterocycles. The average molecular weight is 447 g/mol. The van der Waals surface area contributed by atoms with Gasteiger partial charge in [-0.25, -0.2) is 0 Å². The molecule has 1 N–H and O–H groups in total. The van der Waals surface area contributed by atoms with Crippen molar-refractivity contribution in [3.8, 4) is 11.8 Å². The van der Waals surface area contributed by atoms with Gasteiger partial charge < -0.3 is 24.4 Å². The van der Waals surface area contributed by atoms with Gasteiger partial charge in [-0.3, -0.25) is 9.69 Å². The maximum Gasteiger partial charge on any atom is 0.259 e. The Kier molecular flexibility index (Phi) is 6.93. The van der Waals surface area contributed by atoms with E-state index < -0.39 is 5.60 Å². The standard InChI is InChI=1S/C24H38N4O4/c1-26-14-16-27(17-15-26)18-24(30)8-6-23(7-9-24)10-12-28(13-11-23)22(29)19-4-5-20(31-2)25-21(19)32-3/h4-5,30H,6-18H2,1-3H3. The van der Waals surface area contributed by atoms with E-state index in [1.165, 1.54) is 7.11 Å². The van der Waals surface area contributed by atoms with Crippen LogP contribution in [0, 0.1) is 5.41 Å². The van der Waals surface area contributed by atoms with Crippen LogP contribution in [0.1, 0.15) is 48.9 Å². The molecule has 3 heterocycles. The number of nitrogens with zero attached hydrogens (tertiary/aromatic N) is 4. The SMILES string of the molecule is COc1ccc(C(=O)N2CCC3(CC2)CCC(O)(CN2CCN(C)CC2)CC3)c(OC)n1. The van der Waals surface area contributed by atoms with Crippen LogP contribution < -0.4 is 9.47 Å². The first-order valence-corrected chi connectivity index (χ1v) is 11.9. The predicted octanol–water partition coefficient (Wildman–Crippen LogP) is 1.87. The minimum absolute atomic E-state index is 0.0331. The molecular formula is C24H38N4O4. The molecule has 0 bridgehead atoms. The van der Waals surface area contributed by atoms with E-state index in [-0.39, 0.29) is 11.3 Å². The van der Waals surface area contributed by atoms with Gasteiger partial charge in [0.2, 0.25) is 11.8 Å². The maximum absolute atomic E-state index is 13.1. The van der Waals surface area contributed by atoms with Gasteiger partial charge in [0.05, 0.1) is 19.8 Å². The van der Waals surface area contributed by atoms with Crippen LogP contribution in [-0.2, 0) is 0 Å². The van der Waals surface area contributed by atoms with Gasteiger partial charge >= 0.3 is 0 Å². The van der Waals surface area contributed by atoms with Crippen LogP contribution in [0.15, 0.2) is 12.1 Å². The molecule has 3 fully saturated rings. The number of piperazine rings is 1. The smallest absolute Gasteiger partial charge is 0.259 e. The molecule has 1 saturated carbocycles. The topological polar surface area (TPSA) is 78.4 Å². The van der Waals surface area contributed by atoms with Crippen molar-refractivity contribution in [3.05, 3.63) is 17.7 Å². The van der Waals surface area contributed by atoms with E-state index >= 15 is 0 Å². The molecule has 178 valence electrons. The van der Waals surface area contributed by atoms with Gasteiger partial charge in [0.1, 0.15) is 5.56 Å². The molecule has 8 nitrogen and oxygen atoms in total. The van der Waals surface area contributed by atoms with Crippen LogP contribution in [0.25, 0.3) is 0 Å². The van der Waals surface area contributed by atoms with Crippen molar-refractivity contribution in [2.45, 2.75) is 44.1 Å². The molecular weight excluding hydrogens is 408 g/mol. The number of carbonyl (C=O) groups excluding carboxylic acids is 1. The number of carbonyl (C=O) groups is 1. The average Bonchev–Trinajstić information content (AvgIpc) is 2.82. The monoisotopic (exact) mass is 446 g/mol. The Balaban J connectivity index is 1.31. The van der Waals surface area contributed by atoms with E-state index in [4.69, 9.17) is 9.47 Å². The zero-order chi connectivity index (χ0) is 22.8. The third kappa shape index (κ3) is 5.02. The Bertz CT molecular complexity index is 791. The summed E-state index contributed by atoms with van der Waals surface area (Å²) in [5.41, 5.74) is 0.179. The van der Waals surface area contributed by atoms with E-state index in [0.717, 1.165) is 84.3 Å². The molecule has 1 amide bonds. The van der Waals surface area contributed by atoms with Crippen molar-refractivity contribution in [1.82, 2.24) is 19.7 Å². The van der Waals surface area contributed by atoms with Gasteiger partial charge in [0.15, 0.2) is 0 Å². The van der Waals surface area contributed by atoms with Gasteiger partial charge in [-0.1, -0.05) is 0 Å². The summed E-state index contributed by atoms with van der Waals surface area (Å²) in [6, 6.07) is 3.43. The second kappa shape index (κ2) is 9.53. The number of hydrogen-bond donors (Lipinski definition) is 1. The minimum Gasteiger partial charge on any atom is -0.481 e. The summed E-state index contributed by atoms with van der Waals surface area (Å²) < 4.78 is 10.5. The van der Waals surface area contributed by atoms with E-state index in [1.54, 1.807) is 19.2 Å². The number of amides is 1. The lowest BCUT2D eigenvalue weighted by Gasteiger charge is -2.49. The Hall–Kier alpha value is -1.90. The van der Waals surface area contributed by atoms with Crippen LogP contribution in [0.5, 0.6) is 11.8 Å². The summed E-state index contributed by atoms with van der Waals surface area (Å²) in [5.74, 6) is 0.706. The molecule has 2 aliphatic heterocycles. The number of rotatable bonds is 5. The number of likely N-dealkylation sites (N-methyl/N-ethyl adjacent to an activating group) is 1. The molecule has 32 heavy (non-hydrogen) atoms. The van der Waals surface area contributed by atoms with Crippen molar-refractivity contribution in [3.63, 3.8) is 0 Å². The third-order valence-corrected chi connectivity index (χ3v) is 7.93. The van der Waals surface area contributed by atoms with Crippen LogP contribution in [0.4, 0.5) is 0 Å². The van der Waals surface area contributed by atoms with Crippen molar-refractivity contribution in [2.24, 2.45) is 5.41 Å². The first kappa shape index (κ1) is 23.3. The van der Waals surface area contributed by atoms with E-state index in [1.807, 2.05) is 4.90 Å². The number of aromatic nitrogens is 1. The zero-order valence-corrected chi connectivity index (χ0v) is 19.8. The quantitative estimate of drug-likeness (QED) is 0.740. The molecule has 0 atom stereocenters. The zero-order valence-electron chi connectivity index (χ0n) is 19.8. The lowest BCUT2D eigenvalue weighted by Crippen LogP contribution is -2.54.